The van der Waals surface area contributed by atoms with Crippen LogP contribution in [0.1, 0.15) is 43.2 Å². The van der Waals surface area contributed by atoms with Crippen molar-refractivity contribution in [1.29, 1.82) is 5.26 Å². The number of ether oxygens (including phenoxy) is 1. The molecular weight excluding hydrogens is 364 g/mol. The number of nitrogens with two attached hydrogens (primary N) is 1. The summed E-state index contributed by atoms with van der Waals surface area (Å²) >= 11 is 0. The van der Waals surface area contributed by atoms with Crippen molar-refractivity contribution >= 4 is 11.9 Å². The van der Waals surface area contributed by atoms with Gasteiger partial charge in [0.25, 0.3) is 5.91 Å². The van der Waals surface area contributed by atoms with Gasteiger partial charge in [-0.15, -0.1) is 0 Å². The molecule has 0 saturated heterocycles. The van der Waals surface area contributed by atoms with Crippen LogP contribution in [0.25, 0.3) is 11.1 Å². The average Bonchev–Trinajstić information content (AvgIpc) is 3.26. The number of nitriles is 1. The summed E-state index contributed by atoms with van der Waals surface area (Å²) in [4.78, 5) is 19.5. The molecule has 0 aromatic heterocycles. The predicted molar refractivity (Wildman–Crippen MR) is 109 cm³/mol. The first-order valence-corrected chi connectivity index (χ1v) is 9.94. The second kappa shape index (κ2) is 6.08. The average molecular weight is 386 g/mol. The van der Waals surface area contributed by atoms with Crippen LogP contribution in [-0.2, 0) is 10.3 Å². The third-order valence-corrected chi connectivity index (χ3v) is 6.48. The minimum absolute atomic E-state index is 0.103. The highest BCUT2D eigenvalue weighted by Crippen LogP contribution is 2.54. The zero-order valence-electron chi connectivity index (χ0n) is 16.3. The lowest BCUT2D eigenvalue weighted by Gasteiger charge is -2.43. The van der Waals surface area contributed by atoms with Crippen LogP contribution in [0.5, 0.6) is 5.75 Å². The number of rotatable bonds is 1. The lowest BCUT2D eigenvalue weighted by molar-refractivity contribution is -0.134. The van der Waals surface area contributed by atoms with Gasteiger partial charge in [0.2, 0.25) is 0 Å². The first-order chi connectivity index (χ1) is 14.0. The molecule has 29 heavy (non-hydrogen) atoms. The molecule has 2 aromatic rings. The van der Waals surface area contributed by atoms with Crippen LogP contribution in [-0.4, -0.2) is 29.4 Å². The number of nitrogens with zero attached hydrogens (tertiary/aromatic N) is 3. The molecule has 1 aliphatic carbocycles. The molecule has 2 spiro atoms. The molecule has 2 heterocycles. The Labute approximate surface area is 169 Å². The van der Waals surface area contributed by atoms with Crippen molar-refractivity contribution in [2.45, 2.75) is 43.2 Å². The van der Waals surface area contributed by atoms with Crippen molar-refractivity contribution in [1.82, 2.24) is 4.90 Å². The molecule has 5 rings (SSSR count). The monoisotopic (exact) mass is 386 g/mol. The number of hydrogen-bond donors (Lipinski definition) is 1. The van der Waals surface area contributed by atoms with Gasteiger partial charge in [0, 0.05) is 19.0 Å². The smallest absolute Gasteiger partial charge is 0.261 e. The maximum atomic E-state index is 13.4. The van der Waals surface area contributed by atoms with Crippen LogP contribution in [0, 0.1) is 11.3 Å². The van der Waals surface area contributed by atoms with Crippen LogP contribution in [0.3, 0.4) is 0 Å². The van der Waals surface area contributed by atoms with Crippen LogP contribution in [0.2, 0.25) is 0 Å². The van der Waals surface area contributed by atoms with Crippen molar-refractivity contribution in [3.05, 3.63) is 53.6 Å². The first-order valence-electron chi connectivity index (χ1n) is 9.94. The summed E-state index contributed by atoms with van der Waals surface area (Å²) in [6.45, 7) is 0. The number of hydrogen-bond acceptors (Lipinski definition) is 5. The van der Waals surface area contributed by atoms with E-state index in [2.05, 4.69) is 6.07 Å². The fraction of sp³-hybridized carbons (Fsp3) is 0.348. The molecule has 1 amide bonds. The molecule has 6 heteroatoms. The van der Waals surface area contributed by atoms with Gasteiger partial charge in [-0.25, -0.2) is 4.99 Å². The standard InChI is InChI=1S/C23H22N4O2/c1-27-20(28)23(26-21(27)25)14-22(9-2-3-10-22)29-19-8-7-17(12-18(19)23)16-6-4-5-15(11-16)13-24/h4-8,11-12H,2-3,9-10,14H2,1H3,(H2,25,26). The SMILES string of the molecule is CN1C(=O)C2(CC3(CCCC3)Oc3ccc(-c4cccc(C#N)c4)cc32)N=C1N. The highest BCUT2D eigenvalue weighted by Gasteiger charge is 2.58. The Hall–Kier alpha value is -3.33. The molecule has 0 bridgehead atoms. The number of carbonyl (C=O) groups excluding carboxylic acids is 1. The highest BCUT2D eigenvalue weighted by molar-refractivity contribution is 6.07. The topological polar surface area (TPSA) is 91.7 Å². The van der Waals surface area contributed by atoms with Crippen molar-refractivity contribution in [2.75, 3.05) is 7.05 Å². The van der Waals surface area contributed by atoms with Crippen LogP contribution in [0.15, 0.2) is 47.5 Å². The van der Waals surface area contributed by atoms with Gasteiger partial charge in [-0.1, -0.05) is 18.2 Å². The summed E-state index contributed by atoms with van der Waals surface area (Å²) in [5, 5.41) is 9.23. The van der Waals surface area contributed by atoms with E-state index in [9.17, 15) is 10.1 Å². The van der Waals surface area contributed by atoms with Gasteiger partial charge in [0.1, 0.15) is 11.4 Å². The van der Waals surface area contributed by atoms with Gasteiger partial charge in [0.05, 0.1) is 11.6 Å². The quantitative estimate of drug-likeness (QED) is 0.814. The highest BCUT2D eigenvalue weighted by atomic mass is 16.5. The molecule has 1 unspecified atom stereocenters. The van der Waals surface area contributed by atoms with E-state index < -0.39 is 5.54 Å². The van der Waals surface area contributed by atoms with E-state index in [0.717, 1.165) is 42.4 Å². The molecular formula is C23H22N4O2. The second-order valence-electron chi connectivity index (χ2n) is 8.27. The number of amides is 1. The van der Waals surface area contributed by atoms with E-state index in [1.807, 2.05) is 36.4 Å². The van der Waals surface area contributed by atoms with E-state index in [0.29, 0.717) is 17.7 Å². The minimum atomic E-state index is -1.04. The fourth-order valence-electron chi connectivity index (χ4n) is 5.01. The third kappa shape index (κ3) is 2.54. The Balaban J connectivity index is 1.69. The summed E-state index contributed by atoms with van der Waals surface area (Å²) < 4.78 is 6.49. The summed E-state index contributed by atoms with van der Waals surface area (Å²) in [7, 11) is 1.67. The Morgan fingerprint density at radius 3 is 2.62 bits per heavy atom. The molecule has 6 nitrogen and oxygen atoms in total. The number of carbonyl (C=O) groups is 1. The number of likely N-dealkylation sites (N-methyl/N-ethyl adjacent to an activating group) is 1. The van der Waals surface area contributed by atoms with E-state index in [1.165, 1.54) is 4.90 Å². The maximum absolute atomic E-state index is 13.4. The van der Waals surface area contributed by atoms with Gasteiger partial charge in [-0.2, -0.15) is 5.26 Å². The summed E-state index contributed by atoms with van der Waals surface area (Å²) in [5.74, 6) is 0.847. The number of fused-ring (bicyclic) bond motifs is 2. The fourth-order valence-corrected chi connectivity index (χ4v) is 5.01. The van der Waals surface area contributed by atoms with Gasteiger partial charge < -0.3 is 10.5 Å². The second-order valence-corrected chi connectivity index (χ2v) is 8.27. The molecule has 2 N–H and O–H groups in total. The lowest BCUT2D eigenvalue weighted by Crippen LogP contribution is -2.50. The summed E-state index contributed by atoms with van der Waals surface area (Å²) in [5.41, 5.74) is 7.86. The van der Waals surface area contributed by atoms with E-state index in [-0.39, 0.29) is 17.5 Å². The molecule has 146 valence electrons. The van der Waals surface area contributed by atoms with Crippen molar-refractivity contribution in [2.24, 2.45) is 10.7 Å². The zero-order chi connectivity index (χ0) is 20.2. The van der Waals surface area contributed by atoms with Crippen molar-refractivity contribution in [3.8, 4) is 22.9 Å². The summed E-state index contributed by atoms with van der Waals surface area (Å²) in [6, 6.07) is 15.5. The molecule has 1 fully saturated rings. The molecule has 0 radical (unpaired) electrons. The van der Waals surface area contributed by atoms with Crippen LogP contribution >= 0.6 is 0 Å². The minimum Gasteiger partial charge on any atom is -0.487 e. The molecule has 2 aromatic carbocycles. The van der Waals surface area contributed by atoms with E-state index in [1.54, 1.807) is 13.1 Å². The Kier molecular flexibility index (Phi) is 3.72. The molecule has 1 atom stereocenters. The Morgan fingerprint density at radius 1 is 1.17 bits per heavy atom. The van der Waals surface area contributed by atoms with Gasteiger partial charge >= 0.3 is 0 Å². The third-order valence-electron chi connectivity index (χ3n) is 6.48. The van der Waals surface area contributed by atoms with Crippen LogP contribution in [0.4, 0.5) is 0 Å². The van der Waals surface area contributed by atoms with E-state index in [4.69, 9.17) is 15.5 Å². The molecule has 2 aliphatic heterocycles. The summed E-state index contributed by atoms with van der Waals surface area (Å²) in [6.07, 6.45) is 4.54. The van der Waals surface area contributed by atoms with Crippen LogP contribution < -0.4 is 10.5 Å². The van der Waals surface area contributed by atoms with Gasteiger partial charge in [-0.05, 0) is 61.1 Å². The van der Waals surface area contributed by atoms with Crippen molar-refractivity contribution in [3.63, 3.8) is 0 Å². The molecule has 1 saturated carbocycles. The van der Waals surface area contributed by atoms with Gasteiger partial charge in [-0.3, -0.25) is 9.69 Å². The lowest BCUT2D eigenvalue weighted by atomic mass is 9.75. The molecule has 3 aliphatic rings. The van der Waals surface area contributed by atoms with Gasteiger partial charge in [0.15, 0.2) is 11.5 Å². The first kappa shape index (κ1) is 17.7. The largest absolute Gasteiger partial charge is 0.487 e. The normalized spacial score (nSPS) is 24.3. The zero-order valence-corrected chi connectivity index (χ0v) is 16.3. The predicted octanol–water partition coefficient (Wildman–Crippen LogP) is 3.30. The van der Waals surface area contributed by atoms with E-state index >= 15 is 0 Å². The number of benzene rings is 2. The Morgan fingerprint density at radius 2 is 1.93 bits per heavy atom. The number of aliphatic imine (C=N–C) groups is 1. The van der Waals surface area contributed by atoms with Crippen molar-refractivity contribution < 1.29 is 9.53 Å². The maximum Gasteiger partial charge on any atom is 0.261 e. The number of guanidine groups is 1. The Bertz CT molecular complexity index is 1090.